The predicted octanol–water partition coefficient (Wildman–Crippen LogP) is 6.57. The highest BCUT2D eigenvalue weighted by Crippen LogP contribution is 2.09. The van der Waals surface area contributed by atoms with Gasteiger partial charge >= 0.3 is 0 Å². The van der Waals surface area contributed by atoms with Crippen LogP contribution in [0.15, 0.2) is 24.3 Å². The molecule has 124 valence electrons. The number of hydrogen-bond acceptors (Lipinski definition) is 1. The highest BCUT2D eigenvalue weighted by atomic mass is 16.3. The van der Waals surface area contributed by atoms with Crippen LogP contribution in [0.25, 0.3) is 0 Å². The van der Waals surface area contributed by atoms with Gasteiger partial charge in [0.05, 0.1) is 6.10 Å². The Labute approximate surface area is 133 Å². The molecule has 0 amide bonds. The van der Waals surface area contributed by atoms with E-state index in [1.807, 2.05) is 6.08 Å². The molecule has 0 aliphatic carbocycles. The minimum atomic E-state index is -0.218. The molecule has 21 heavy (non-hydrogen) atoms. The average molecular weight is 295 g/mol. The van der Waals surface area contributed by atoms with Crippen LogP contribution in [0.5, 0.6) is 0 Å². The SMILES string of the molecule is CCCC/C=C/CCCCCCC/C=C/C(O)CCCC. The van der Waals surface area contributed by atoms with Crippen molar-refractivity contribution < 1.29 is 5.11 Å². The largest absolute Gasteiger partial charge is 0.389 e. The van der Waals surface area contributed by atoms with Gasteiger partial charge in [-0.2, -0.15) is 0 Å². The molecule has 0 aromatic heterocycles. The quantitative estimate of drug-likeness (QED) is 0.267. The topological polar surface area (TPSA) is 20.2 Å². The molecule has 1 unspecified atom stereocenters. The number of allylic oxidation sites excluding steroid dienone is 3. The van der Waals surface area contributed by atoms with Crippen LogP contribution in [0.1, 0.15) is 97.3 Å². The Balaban J connectivity index is 3.21. The van der Waals surface area contributed by atoms with Crippen molar-refractivity contribution in [2.45, 2.75) is 103 Å². The monoisotopic (exact) mass is 294 g/mol. The smallest absolute Gasteiger partial charge is 0.0720 e. The molecular weight excluding hydrogens is 256 g/mol. The fourth-order valence-electron chi connectivity index (χ4n) is 2.38. The van der Waals surface area contributed by atoms with Gasteiger partial charge in [0.1, 0.15) is 0 Å². The van der Waals surface area contributed by atoms with Gasteiger partial charge in [-0.1, -0.05) is 83.1 Å². The number of rotatable bonds is 15. The minimum absolute atomic E-state index is 0.218. The van der Waals surface area contributed by atoms with Crippen molar-refractivity contribution in [3.63, 3.8) is 0 Å². The van der Waals surface area contributed by atoms with Crippen LogP contribution in [0.3, 0.4) is 0 Å². The van der Waals surface area contributed by atoms with Crippen LogP contribution in [0, 0.1) is 0 Å². The van der Waals surface area contributed by atoms with Gasteiger partial charge < -0.3 is 5.11 Å². The summed E-state index contributed by atoms with van der Waals surface area (Å²) in [5, 5.41) is 9.66. The van der Waals surface area contributed by atoms with Crippen LogP contribution < -0.4 is 0 Å². The Morgan fingerprint density at radius 1 is 0.667 bits per heavy atom. The number of hydrogen-bond donors (Lipinski definition) is 1. The van der Waals surface area contributed by atoms with Crippen LogP contribution in [0.4, 0.5) is 0 Å². The van der Waals surface area contributed by atoms with Gasteiger partial charge in [-0.15, -0.1) is 0 Å². The molecule has 0 fully saturated rings. The molecule has 0 aliphatic heterocycles. The maximum atomic E-state index is 9.66. The van der Waals surface area contributed by atoms with Crippen LogP contribution >= 0.6 is 0 Å². The van der Waals surface area contributed by atoms with Gasteiger partial charge in [0, 0.05) is 0 Å². The lowest BCUT2D eigenvalue weighted by Gasteiger charge is -2.03. The zero-order chi connectivity index (χ0) is 15.6. The zero-order valence-corrected chi connectivity index (χ0v) is 14.5. The molecule has 1 N–H and O–H groups in total. The van der Waals surface area contributed by atoms with Crippen molar-refractivity contribution in [1.29, 1.82) is 0 Å². The third kappa shape index (κ3) is 17.4. The summed E-state index contributed by atoms with van der Waals surface area (Å²) in [4.78, 5) is 0. The Bertz CT molecular complexity index is 242. The van der Waals surface area contributed by atoms with Crippen LogP contribution in [-0.2, 0) is 0 Å². The standard InChI is InChI=1S/C20H38O/c1-3-5-7-8-9-10-11-12-13-14-15-16-17-19-20(21)18-6-4-2/h8-9,17,19-21H,3-7,10-16,18H2,1-2H3/b9-8+,19-17+. The second-order valence-corrected chi connectivity index (χ2v) is 6.10. The van der Waals surface area contributed by atoms with E-state index >= 15 is 0 Å². The van der Waals surface area contributed by atoms with E-state index in [1.165, 1.54) is 64.2 Å². The third-order valence-electron chi connectivity index (χ3n) is 3.84. The summed E-state index contributed by atoms with van der Waals surface area (Å²) in [7, 11) is 0. The number of aliphatic hydroxyl groups is 1. The molecule has 0 aromatic rings. The van der Waals surface area contributed by atoms with Crippen molar-refractivity contribution in [2.75, 3.05) is 0 Å². The fraction of sp³-hybridized carbons (Fsp3) is 0.800. The Kier molecular flexibility index (Phi) is 17.0. The lowest BCUT2D eigenvalue weighted by atomic mass is 10.1. The zero-order valence-electron chi connectivity index (χ0n) is 14.5. The van der Waals surface area contributed by atoms with Gasteiger partial charge in [-0.25, -0.2) is 0 Å². The Morgan fingerprint density at radius 3 is 1.81 bits per heavy atom. The normalized spacial score (nSPS) is 13.5. The van der Waals surface area contributed by atoms with E-state index in [0.29, 0.717) is 0 Å². The van der Waals surface area contributed by atoms with Crippen molar-refractivity contribution in [3.8, 4) is 0 Å². The summed E-state index contributed by atoms with van der Waals surface area (Å²) in [5.74, 6) is 0. The molecule has 0 spiro atoms. The van der Waals surface area contributed by atoms with Crippen molar-refractivity contribution in [2.24, 2.45) is 0 Å². The molecule has 0 aromatic carbocycles. The molecule has 0 saturated heterocycles. The summed E-state index contributed by atoms with van der Waals surface area (Å²) < 4.78 is 0. The molecule has 1 atom stereocenters. The van der Waals surface area contributed by atoms with Gasteiger partial charge in [-0.05, 0) is 38.5 Å². The third-order valence-corrected chi connectivity index (χ3v) is 3.84. The summed E-state index contributed by atoms with van der Waals surface area (Å²) in [6, 6.07) is 0. The molecule has 1 nitrogen and oxygen atoms in total. The van der Waals surface area contributed by atoms with Crippen LogP contribution in [0.2, 0.25) is 0 Å². The van der Waals surface area contributed by atoms with E-state index in [0.717, 1.165) is 19.3 Å². The van der Waals surface area contributed by atoms with Gasteiger partial charge in [0.15, 0.2) is 0 Å². The first-order chi connectivity index (χ1) is 10.3. The molecule has 0 rings (SSSR count). The Hall–Kier alpha value is -0.560. The highest BCUT2D eigenvalue weighted by molar-refractivity contribution is 4.88. The van der Waals surface area contributed by atoms with E-state index in [9.17, 15) is 5.11 Å². The second-order valence-electron chi connectivity index (χ2n) is 6.10. The van der Waals surface area contributed by atoms with E-state index in [1.54, 1.807) is 0 Å². The van der Waals surface area contributed by atoms with E-state index in [-0.39, 0.29) is 6.10 Å². The molecule has 0 aliphatic rings. The molecule has 0 bridgehead atoms. The molecule has 0 heterocycles. The summed E-state index contributed by atoms with van der Waals surface area (Å²) in [5.41, 5.74) is 0. The Morgan fingerprint density at radius 2 is 1.19 bits per heavy atom. The predicted molar refractivity (Wildman–Crippen MR) is 95.7 cm³/mol. The lowest BCUT2D eigenvalue weighted by molar-refractivity contribution is 0.209. The molecule has 1 heteroatoms. The summed E-state index contributed by atoms with van der Waals surface area (Å²) >= 11 is 0. The number of aliphatic hydroxyl groups excluding tert-OH is 1. The summed E-state index contributed by atoms with van der Waals surface area (Å²) in [6.07, 6.45) is 24.8. The van der Waals surface area contributed by atoms with Crippen molar-refractivity contribution >= 4 is 0 Å². The average Bonchev–Trinajstić information content (AvgIpc) is 2.49. The van der Waals surface area contributed by atoms with E-state index in [2.05, 4.69) is 32.1 Å². The van der Waals surface area contributed by atoms with Gasteiger partial charge in [0.2, 0.25) is 0 Å². The first-order valence-electron chi connectivity index (χ1n) is 9.31. The molecule has 0 saturated carbocycles. The maximum Gasteiger partial charge on any atom is 0.0720 e. The maximum absolute atomic E-state index is 9.66. The first-order valence-corrected chi connectivity index (χ1v) is 9.31. The van der Waals surface area contributed by atoms with E-state index in [4.69, 9.17) is 0 Å². The summed E-state index contributed by atoms with van der Waals surface area (Å²) in [6.45, 7) is 4.41. The highest BCUT2D eigenvalue weighted by Gasteiger charge is 1.96. The van der Waals surface area contributed by atoms with Crippen molar-refractivity contribution in [3.05, 3.63) is 24.3 Å². The van der Waals surface area contributed by atoms with Gasteiger partial charge in [0.25, 0.3) is 0 Å². The second kappa shape index (κ2) is 17.5. The van der Waals surface area contributed by atoms with Gasteiger partial charge in [-0.3, -0.25) is 0 Å². The van der Waals surface area contributed by atoms with Crippen molar-refractivity contribution in [1.82, 2.24) is 0 Å². The molecular formula is C20H38O. The minimum Gasteiger partial charge on any atom is -0.389 e. The van der Waals surface area contributed by atoms with E-state index < -0.39 is 0 Å². The number of unbranched alkanes of at least 4 members (excludes halogenated alkanes) is 9. The fourth-order valence-corrected chi connectivity index (χ4v) is 2.38. The molecule has 0 radical (unpaired) electrons. The lowest BCUT2D eigenvalue weighted by Crippen LogP contribution is -2.00. The first kappa shape index (κ1) is 20.4. The van der Waals surface area contributed by atoms with Crippen LogP contribution in [-0.4, -0.2) is 11.2 Å².